The van der Waals surface area contributed by atoms with E-state index in [-0.39, 0.29) is 5.91 Å². The quantitative estimate of drug-likeness (QED) is 0.292. The van der Waals surface area contributed by atoms with E-state index in [9.17, 15) is 4.79 Å². The number of thioether (sulfide) groups is 1. The Bertz CT molecular complexity index is 1220. The second-order valence-electron chi connectivity index (χ2n) is 8.18. The first-order valence-corrected chi connectivity index (χ1v) is 12.4. The zero-order valence-corrected chi connectivity index (χ0v) is 20.5. The fourth-order valence-corrected chi connectivity index (χ4v) is 5.37. The molecule has 164 valence electrons. The van der Waals surface area contributed by atoms with Gasteiger partial charge in [0.25, 0.3) is 0 Å². The molecule has 2 heterocycles. The van der Waals surface area contributed by atoms with Crippen molar-refractivity contribution in [2.75, 3.05) is 4.90 Å². The molecule has 2 aromatic carbocycles. The number of amides is 1. The number of carbonyl (C=O) groups excluding carboxylic acids is 1. The molecular weight excluding hydrogens is 434 g/mol. The lowest BCUT2D eigenvalue weighted by Gasteiger charge is -2.20. The van der Waals surface area contributed by atoms with E-state index in [1.807, 2.05) is 23.9 Å². The van der Waals surface area contributed by atoms with E-state index < -0.39 is 0 Å². The number of hydrogen-bond acceptors (Lipinski definition) is 5. The maximum absolute atomic E-state index is 13.5. The maximum Gasteiger partial charge on any atom is 0.233 e. The molecule has 0 aliphatic carbocycles. The van der Waals surface area contributed by atoms with Crippen LogP contribution in [-0.4, -0.2) is 21.1 Å². The molecule has 0 spiro atoms. The highest BCUT2D eigenvalue weighted by atomic mass is 32.2. The summed E-state index contributed by atoms with van der Waals surface area (Å²) in [6, 6.07) is 16.4. The minimum atomic E-state index is 0.0338. The lowest BCUT2D eigenvalue weighted by molar-refractivity contribution is -0.118. The molecule has 4 aromatic rings. The first-order valence-electron chi connectivity index (χ1n) is 10.7. The summed E-state index contributed by atoms with van der Waals surface area (Å²) in [5.41, 5.74) is 5.34. The van der Waals surface area contributed by atoms with Gasteiger partial charge < -0.3 is 0 Å². The molecule has 6 heteroatoms. The molecule has 32 heavy (non-hydrogen) atoms. The molecular formula is C26H27N3OS2. The van der Waals surface area contributed by atoms with Crippen molar-refractivity contribution in [2.24, 2.45) is 0 Å². The summed E-state index contributed by atoms with van der Waals surface area (Å²) in [4.78, 5) is 25.6. The number of pyridine rings is 1. The highest BCUT2D eigenvalue weighted by Gasteiger charge is 2.21. The van der Waals surface area contributed by atoms with Crippen molar-refractivity contribution in [2.45, 2.75) is 50.8 Å². The highest BCUT2D eigenvalue weighted by molar-refractivity contribution is 7.99. The van der Waals surface area contributed by atoms with E-state index >= 15 is 0 Å². The molecule has 0 radical (unpaired) electrons. The van der Waals surface area contributed by atoms with Gasteiger partial charge in [-0.2, -0.15) is 0 Å². The molecule has 0 bridgehead atoms. The van der Waals surface area contributed by atoms with Gasteiger partial charge in [0.15, 0.2) is 5.13 Å². The van der Waals surface area contributed by atoms with Crippen LogP contribution in [0.2, 0.25) is 0 Å². The van der Waals surface area contributed by atoms with Gasteiger partial charge in [-0.3, -0.25) is 14.7 Å². The summed E-state index contributed by atoms with van der Waals surface area (Å²) in [6.45, 7) is 8.99. The molecule has 0 aliphatic heterocycles. The number of fused-ring (bicyclic) bond motifs is 1. The van der Waals surface area contributed by atoms with Gasteiger partial charge in [-0.05, 0) is 60.4 Å². The Morgan fingerprint density at radius 1 is 1.06 bits per heavy atom. The van der Waals surface area contributed by atoms with Crippen LogP contribution in [0.5, 0.6) is 0 Å². The lowest BCUT2D eigenvalue weighted by Crippen LogP contribution is -2.31. The van der Waals surface area contributed by atoms with Crippen LogP contribution in [-0.2, 0) is 17.8 Å². The van der Waals surface area contributed by atoms with Crippen LogP contribution in [0.15, 0.2) is 65.8 Å². The summed E-state index contributed by atoms with van der Waals surface area (Å²) in [6.07, 6.45) is 3.89. The summed E-state index contributed by atoms with van der Waals surface area (Å²) >= 11 is 3.39. The zero-order valence-electron chi connectivity index (χ0n) is 18.8. The van der Waals surface area contributed by atoms with Crippen LogP contribution >= 0.6 is 23.1 Å². The summed E-state index contributed by atoms with van der Waals surface area (Å²) in [7, 11) is 0. The average molecular weight is 462 g/mol. The van der Waals surface area contributed by atoms with E-state index in [1.54, 1.807) is 28.6 Å². The normalized spacial score (nSPS) is 11.3. The Morgan fingerprint density at radius 3 is 2.53 bits per heavy atom. The molecule has 2 aromatic heterocycles. The highest BCUT2D eigenvalue weighted by Crippen LogP contribution is 2.33. The first kappa shape index (κ1) is 22.5. The second kappa shape index (κ2) is 9.84. The molecule has 0 unspecified atom stereocenters. The summed E-state index contributed by atoms with van der Waals surface area (Å²) in [5, 5.41) is 1.26. The number of rotatable bonds is 7. The van der Waals surface area contributed by atoms with Crippen LogP contribution in [0.4, 0.5) is 5.13 Å². The number of aryl methyl sites for hydroxylation is 2. The van der Waals surface area contributed by atoms with Crippen molar-refractivity contribution in [1.82, 2.24) is 9.97 Å². The van der Waals surface area contributed by atoms with Gasteiger partial charge in [-0.15, -0.1) is 11.8 Å². The Balaban J connectivity index is 1.63. The van der Waals surface area contributed by atoms with Gasteiger partial charge >= 0.3 is 0 Å². The van der Waals surface area contributed by atoms with E-state index in [0.29, 0.717) is 18.2 Å². The zero-order chi connectivity index (χ0) is 22.7. The lowest BCUT2D eigenvalue weighted by atomic mass is 10.1. The molecule has 1 amide bonds. The largest absolute Gasteiger partial charge is 0.283 e. The number of aromatic nitrogens is 2. The van der Waals surface area contributed by atoms with E-state index in [2.05, 4.69) is 69.1 Å². The first-order chi connectivity index (χ1) is 15.4. The van der Waals surface area contributed by atoms with E-state index in [0.717, 1.165) is 32.0 Å². The number of anilines is 1. The number of benzene rings is 2. The molecule has 4 nitrogen and oxygen atoms in total. The smallest absolute Gasteiger partial charge is 0.233 e. The third-order valence-corrected chi connectivity index (χ3v) is 7.38. The third-order valence-electron chi connectivity index (χ3n) is 5.32. The minimum Gasteiger partial charge on any atom is -0.283 e. The van der Waals surface area contributed by atoms with Crippen LogP contribution in [0.25, 0.3) is 10.2 Å². The Hall–Kier alpha value is -2.70. The van der Waals surface area contributed by atoms with Gasteiger partial charge in [0.05, 0.1) is 23.2 Å². The minimum absolute atomic E-state index is 0.0338. The van der Waals surface area contributed by atoms with Gasteiger partial charge in [0, 0.05) is 22.5 Å². The van der Waals surface area contributed by atoms with Crippen LogP contribution in [0.3, 0.4) is 0 Å². The molecule has 0 saturated heterocycles. The Labute approximate surface area is 197 Å². The molecule has 4 rings (SSSR count). The molecule has 0 N–H and O–H groups in total. The number of hydrogen-bond donors (Lipinski definition) is 0. The third kappa shape index (κ3) is 5.19. The predicted octanol–water partition coefficient (Wildman–Crippen LogP) is 6.58. The fourth-order valence-electron chi connectivity index (χ4n) is 3.49. The van der Waals surface area contributed by atoms with Gasteiger partial charge in [0.2, 0.25) is 5.91 Å². The van der Waals surface area contributed by atoms with Crippen molar-refractivity contribution >= 4 is 44.4 Å². The van der Waals surface area contributed by atoms with E-state index in [1.165, 1.54) is 10.5 Å². The number of carbonyl (C=O) groups is 1. The number of thiazole rings is 1. The molecule has 0 fully saturated rings. The standard InChI is InChI=1S/C26H27N3OS2/c1-17(2)31-22-10-8-20(9-11-22)14-24(30)29(16-21-6-5-13-27-15-21)26-28-25-19(4)18(3)7-12-23(25)32-26/h5-13,15,17H,14,16H2,1-4H3. The van der Waals surface area contributed by atoms with Crippen LogP contribution in [0, 0.1) is 13.8 Å². The predicted molar refractivity (Wildman–Crippen MR) is 136 cm³/mol. The Kier molecular flexibility index (Phi) is 6.92. The summed E-state index contributed by atoms with van der Waals surface area (Å²) in [5.74, 6) is 0.0338. The molecule has 0 atom stereocenters. The maximum atomic E-state index is 13.5. The molecule has 0 aliphatic rings. The van der Waals surface area contributed by atoms with Gasteiger partial charge in [0.1, 0.15) is 0 Å². The second-order valence-corrected chi connectivity index (χ2v) is 10.8. The van der Waals surface area contributed by atoms with E-state index in [4.69, 9.17) is 4.98 Å². The fraction of sp³-hybridized carbons (Fsp3) is 0.269. The number of nitrogens with zero attached hydrogens (tertiary/aromatic N) is 3. The van der Waals surface area contributed by atoms with Crippen molar-refractivity contribution in [3.05, 3.63) is 83.2 Å². The van der Waals surface area contributed by atoms with Gasteiger partial charge in [-0.1, -0.05) is 49.4 Å². The SMILES string of the molecule is Cc1ccc2sc(N(Cc3cccnc3)C(=O)Cc3ccc(SC(C)C)cc3)nc2c1C. The van der Waals surface area contributed by atoms with Crippen LogP contribution in [0.1, 0.15) is 36.1 Å². The van der Waals surface area contributed by atoms with Crippen LogP contribution < -0.4 is 4.90 Å². The average Bonchev–Trinajstić information content (AvgIpc) is 3.21. The van der Waals surface area contributed by atoms with Crippen molar-refractivity contribution in [3.8, 4) is 0 Å². The van der Waals surface area contributed by atoms with Gasteiger partial charge in [-0.25, -0.2) is 4.98 Å². The van der Waals surface area contributed by atoms with Crippen molar-refractivity contribution < 1.29 is 4.79 Å². The topological polar surface area (TPSA) is 46.1 Å². The van der Waals surface area contributed by atoms with Crippen molar-refractivity contribution in [3.63, 3.8) is 0 Å². The van der Waals surface area contributed by atoms with Crippen molar-refractivity contribution in [1.29, 1.82) is 0 Å². The molecule has 0 saturated carbocycles. The summed E-state index contributed by atoms with van der Waals surface area (Å²) < 4.78 is 1.10. The monoisotopic (exact) mass is 461 g/mol. The Morgan fingerprint density at radius 2 is 1.84 bits per heavy atom.